The van der Waals surface area contributed by atoms with E-state index in [1.165, 1.54) is 10.9 Å². The van der Waals surface area contributed by atoms with Crippen LogP contribution in [0.15, 0.2) is 36.7 Å². The van der Waals surface area contributed by atoms with Crippen LogP contribution < -0.4 is 10.1 Å². The molecule has 1 amide bonds. The van der Waals surface area contributed by atoms with E-state index in [4.69, 9.17) is 9.47 Å². The van der Waals surface area contributed by atoms with Gasteiger partial charge < -0.3 is 30.1 Å². The average molecular weight is 455 g/mol. The second-order valence-electron chi connectivity index (χ2n) is 8.25. The molecule has 1 saturated carbocycles. The number of benzene rings is 1. The van der Waals surface area contributed by atoms with Crippen molar-refractivity contribution >= 4 is 22.9 Å². The molecule has 33 heavy (non-hydrogen) atoms. The van der Waals surface area contributed by atoms with Crippen LogP contribution in [0.4, 0.5) is 5.82 Å². The summed E-state index contributed by atoms with van der Waals surface area (Å²) in [6, 6.07) is 8.77. The molecule has 2 aliphatic rings. The fourth-order valence-corrected chi connectivity index (χ4v) is 4.26. The number of amides is 1. The third kappa shape index (κ3) is 4.15. The number of nitrogens with one attached hydrogen (secondary N) is 1. The summed E-state index contributed by atoms with van der Waals surface area (Å²) in [5.74, 6) is -0.211. The highest BCUT2D eigenvalue weighted by Crippen LogP contribution is 2.33. The van der Waals surface area contributed by atoms with Gasteiger partial charge in [-0.15, -0.1) is 0 Å². The number of rotatable bonds is 6. The first-order chi connectivity index (χ1) is 16.0. The molecule has 0 unspecified atom stereocenters. The van der Waals surface area contributed by atoms with E-state index in [2.05, 4.69) is 20.3 Å². The first-order valence-electron chi connectivity index (χ1n) is 10.9. The Labute approximate surface area is 189 Å². The molecular weight excluding hydrogens is 430 g/mol. The van der Waals surface area contributed by atoms with Crippen molar-refractivity contribution < 1.29 is 29.6 Å². The Balaban J connectivity index is 1.53. The molecule has 0 radical (unpaired) electrons. The number of imidazole rings is 1. The van der Waals surface area contributed by atoms with Gasteiger partial charge >= 0.3 is 6.01 Å². The number of aliphatic hydroxyl groups excluding tert-OH is 3. The topological polar surface area (TPSA) is 152 Å². The molecule has 2 aromatic heterocycles. The molecule has 3 aromatic rings. The van der Waals surface area contributed by atoms with Gasteiger partial charge in [0.1, 0.15) is 24.4 Å². The highest BCUT2D eigenvalue weighted by molar-refractivity contribution is 6.06. The fraction of sp³-hybridized carbons (Fsp3) is 0.455. The summed E-state index contributed by atoms with van der Waals surface area (Å²) in [6.07, 6.45) is 0.701. The standard InChI is InChI=1S/C22H25N5O6/c28-10-14-16(29)17(30)21(33-14)27-11-23-15-18(24-20(31)12-6-2-1-3-7-12)25-22(26-19(15)27)32-13-8-4-5-9-13/h1-3,6-7,11,13-14,16-17,21,28-30H,4-5,8-10H2,(H,24,25,26,31)/t14-,16-,17-,21-/m1/s1. The van der Waals surface area contributed by atoms with Gasteiger partial charge in [0.25, 0.3) is 5.91 Å². The quantitative estimate of drug-likeness (QED) is 0.427. The molecule has 1 saturated heterocycles. The van der Waals surface area contributed by atoms with Gasteiger partial charge in [-0.05, 0) is 37.8 Å². The third-order valence-electron chi connectivity index (χ3n) is 6.03. The van der Waals surface area contributed by atoms with E-state index >= 15 is 0 Å². The lowest BCUT2D eigenvalue weighted by atomic mass is 10.1. The molecular formula is C22H25N5O6. The van der Waals surface area contributed by atoms with Gasteiger partial charge in [0, 0.05) is 5.56 Å². The number of carbonyl (C=O) groups is 1. The van der Waals surface area contributed by atoms with E-state index in [1.54, 1.807) is 24.3 Å². The van der Waals surface area contributed by atoms with E-state index < -0.39 is 31.1 Å². The van der Waals surface area contributed by atoms with Crippen LogP contribution in [0.1, 0.15) is 42.3 Å². The molecule has 11 nitrogen and oxygen atoms in total. The normalized spacial score (nSPS) is 25.5. The summed E-state index contributed by atoms with van der Waals surface area (Å²) in [5, 5.41) is 32.8. The monoisotopic (exact) mass is 455 g/mol. The van der Waals surface area contributed by atoms with E-state index in [0.717, 1.165) is 25.7 Å². The van der Waals surface area contributed by atoms with Gasteiger partial charge in [-0.25, -0.2) is 4.98 Å². The van der Waals surface area contributed by atoms with Crippen molar-refractivity contribution in [2.24, 2.45) is 0 Å². The van der Waals surface area contributed by atoms with Crippen molar-refractivity contribution in [1.29, 1.82) is 0 Å². The van der Waals surface area contributed by atoms with Gasteiger partial charge in [0.2, 0.25) is 0 Å². The van der Waals surface area contributed by atoms with Gasteiger partial charge in [0.15, 0.2) is 23.2 Å². The van der Waals surface area contributed by atoms with Crippen LogP contribution >= 0.6 is 0 Å². The highest BCUT2D eigenvalue weighted by atomic mass is 16.6. The van der Waals surface area contributed by atoms with Gasteiger partial charge in [-0.3, -0.25) is 9.36 Å². The first kappa shape index (κ1) is 21.7. The van der Waals surface area contributed by atoms with Crippen LogP contribution in [-0.4, -0.2) is 71.8 Å². The Bertz CT molecular complexity index is 1130. The van der Waals surface area contributed by atoms with Gasteiger partial charge in [-0.1, -0.05) is 18.2 Å². The molecule has 4 atom stereocenters. The maximum absolute atomic E-state index is 12.8. The van der Waals surface area contributed by atoms with Crippen molar-refractivity contribution in [2.75, 3.05) is 11.9 Å². The number of anilines is 1. The predicted octanol–water partition coefficient (Wildman–Crippen LogP) is 1.01. The van der Waals surface area contributed by atoms with E-state index in [-0.39, 0.29) is 35.0 Å². The van der Waals surface area contributed by atoms with Crippen molar-refractivity contribution in [3.63, 3.8) is 0 Å². The van der Waals surface area contributed by atoms with Crippen LogP contribution in [0.25, 0.3) is 11.2 Å². The number of hydrogen-bond acceptors (Lipinski definition) is 9. The molecule has 174 valence electrons. The maximum atomic E-state index is 12.8. The highest BCUT2D eigenvalue weighted by Gasteiger charge is 2.44. The zero-order valence-corrected chi connectivity index (χ0v) is 17.7. The summed E-state index contributed by atoms with van der Waals surface area (Å²) in [7, 11) is 0. The van der Waals surface area contributed by atoms with Crippen LogP contribution in [0.3, 0.4) is 0 Å². The molecule has 5 rings (SSSR count). The summed E-state index contributed by atoms with van der Waals surface area (Å²) in [5.41, 5.74) is 0.984. The largest absolute Gasteiger partial charge is 0.460 e. The lowest BCUT2D eigenvalue weighted by Gasteiger charge is -2.17. The van der Waals surface area contributed by atoms with Crippen molar-refractivity contribution in [3.8, 4) is 6.01 Å². The van der Waals surface area contributed by atoms with E-state index in [1.807, 2.05) is 6.07 Å². The van der Waals surface area contributed by atoms with Crippen molar-refractivity contribution in [3.05, 3.63) is 42.2 Å². The fourth-order valence-electron chi connectivity index (χ4n) is 4.26. The second kappa shape index (κ2) is 9.02. The van der Waals surface area contributed by atoms with Crippen molar-refractivity contribution in [2.45, 2.75) is 56.3 Å². The van der Waals surface area contributed by atoms with Crippen LogP contribution in [-0.2, 0) is 4.74 Å². The minimum atomic E-state index is -1.31. The molecule has 4 N–H and O–H groups in total. The zero-order valence-electron chi connectivity index (χ0n) is 17.7. The Kier molecular flexibility index (Phi) is 5.94. The minimum Gasteiger partial charge on any atom is -0.460 e. The van der Waals surface area contributed by atoms with Crippen LogP contribution in [0.2, 0.25) is 0 Å². The summed E-state index contributed by atoms with van der Waals surface area (Å²) >= 11 is 0. The Morgan fingerprint density at radius 2 is 1.91 bits per heavy atom. The Morgan fingerprint density at radius 1 is 1.15 bits per heavy atom. The van der Waals surface area contributed by atoms with Gasteiger partial charge in [-0.2, -0.15) is 9.97 Å². The lowest BCUT2D eigenvalue weighted by molar-refractivity contribution is -0.0511. The maximum Gasteiger partial charge on any atom is 0.320 e. The first-order valence-corrected chi connectivity index (χ1v) is 10.9. The number of hydrogen-bond donors (Lipinski definition) is 4. The molecule has 3 heterocycles. The van der Waals surface area contributed by atoms with Crippen molar-refractivity contribution in [1.82, 2.24) is 19.5 Å². The smallest absolute Gasteiger partial charge is 0.320 e. The van der Waals surface area contributed by atoms with E-state index in [0.29, 0.717) is 5.56 Å². The Hall–Kier alpha value is -3.12. The van der Waals surface area contributed by atoms with Crippen LogP contribution in [0.5, 0.6) is 6.01 Å². The average Bonchev–Trinajstić information content (AvgIpc) is 3.55. The number of ether oxygens (including phenoxy) is 2. The molecule has 0 bridgehead atoms. The molecule has 1 aliphatic carbocycles. The molecule has 11 heteroatoms. The summed E-state index contributed by atoms with van der Waals surface area (Å²) < 4.78 is 13.1. The SMILES string of the molecule is O=C(Nc1nc(OC2CCCC2)nc2c1ncn2[C@@H]1O[C@H](CO)[C@@H](O)[C@H]1O)c1ccccc1. The predicted molar refractivity (Wildman–Crippen MR) is 116 cm³/mol. The number of aliphatic hydroxyl groups is 3. The third-order valence-corrected chi connectivity index (χ3v) is 6.03. The molecule has 0 spiro atoms. The molecule has 1 aliphatic heterocycles. The molecule has 1 aromatic carbocycles. The number of fused-ring (bicyclic) bond motifs is 1. The number of nitrogens with zero attached hydrogens (tertiary/aromatic N) is 4. The van der Waals surface area contributed by atoms with Gasteiger partial charge in [0.05, 0.1) is 12.9 Å². The number of carbonyl (C=O) groups excluding carboxylic acids is 1. The Morgan fingerprint density at radius 3 is 2.61 bits per heavy atom. The van der Waals surface area contributed by atoms with E-state index in [9.17, 15) is 20.1 Å². The zero-order chi connectivity index (χ0) is 22.9. The molecule has 2 fully saturated rings. The summed E-state index contributed by atoms with van der Waals surface area (Å²) in [6.45, 7) is -0.454. The lowest BCUT2D eigenvalue weighted by Crippen LogP contribution is -2.33. The second-order valence-corrected chi connectivity index (χ2v) is 8.25. The summed E-state index contributed by atoms with van der Waals surface area (Å²) in [4.78, 5) is 26.0. The van der Waals surface area contributed by atoms with Crippen LogP contribution in [0, 0.1) is 0 Å². The number of aromatic nitrogens is 4. The minimum absolute atomic E-state index is 0.0228.